The van der Waals surface area contributed by atoms with Gasteiger partial charge in [-0.1, -0.05) is 25.4 Å². The fraction of sp³-hybridized carbons (Fsp3) is 0.429. The molecule has 1 aliphatic heterocycles. The fourth-order valence-electron chi connectivity index (χ4n) is 2.09. The highest BCUT2D eigenvalue weighted by Crippen LogP contribution is 2.22. The second kappa shape index (κ2) is 6.22. The summed E-state index contributed by atoms with van der Waals surface area (Å²) in [5, 5.41) is 8.33. The number of anilines is 1. The number of hydrogen-bond acceptors (Lipinski definition) is 4. The average Bonchev–Trinajstić information content (AvgIpc) is 2.66. The quantitative estimate of drug-likeness (QED) is 0.684. The molecule has 1 aromatic rings. The van der Waals surface area contributed by atoms with Crippen molar-refractivity contribution in [3.63, 3.8) is 0 Å². The zero-order valence-electron chi connectivity index (χ0n) is 12.1. The van der Waals surface area contributed by atoms with Gasteiger partial charge in [0.05, 0.1) is 11.4 Å². The molecule has 0 saturated carbocycles. The predicted octanol–water partition coefficient (Wildman–Crippen LogP) is 2.16. The minimum absolute atomic E-state index is 0.185. The van der Waals surface area contributed by atoms with Crippen LogP contribution in [0.2, 0.25) is 5.15 Å². The summed E-state index contributed by atoms with van der Waals surface area (Å²) in [5.74, 6) is -1.37. The highest BCUT2D eigenvalue weighted by molar-refractivity contribution is 6.33. The Balaban J connectivity index is 2.12. The molecule has 0 saturated heterocycles. The number of carbonyl (C=O) groups excluding carboxylic acids is 2. The van der Waals surface area contributed by atoms with Crippen molar-refractivity contribution in [2.45, 2.75) is 20.8 Å². The van der Waals surface area contributed by atoms with Gasteiger partial charge < -0.3 is 5.32 Å². The van der Waals surface area contributed by atoms with Crippen LogP contribution in [-0.2, 0) is 9.59 Å². The van der Waals surface area contributed by atoms with E-state index in [2.05, 4.69) is 15.4 Å². The number of halogens is 1. The van der Waals surface area contributed by atoms with Gasteiger partial charge in [0.1, 0.15) is 0 Å². The number of aromatic nitrogens is 1. The van der Waals surface area contributed by atoms with Crippen molar-refractivity contribution in [3.05, 3.63) is 23.5 Å². The highest BCUT2D eigenvalue weighted by atomic mass is 35.5. The molecule has 1 atom stereocenters. The molecule has 1 unspecified atom stereocenters. The lowest BCUT2D eigenvalue weighted by Gasteiger charge is -2.16. The average molecular weight is 309 g/mol. The van der Waals surface area contributed by atoms with E-state index in [0.29, 0.717) is 17.9 Å². The molecule has 2 heterocycles. The Morgan fingerprint density at radius 1 is 1.52 bits per heavy atom. The monoisotopic (exact) mass is 308 g/mol. The van der Waals surface area contributed by atoms with Crippen LogP contribution < -0.4 is 5.32 Å². The maximum absolute atomic E-state index is 12.3. The summed E-state index contributed by atoms with van der Waals surface area (Å²) in [6.45, 7) is 6.14. The van der Waals surface area contributed by atoms with Gasteiger partial charge in [0.15, 0.2) is 11.1 Å². The van der Waals surface area contributed by atoms with Crippen LogP contribution in [0.4, 0.5) is 5.69 Å². The van der Waals surface area contributed by atoms with E-state index < -0.39 is 11.8 Å². The SMILES string of the molecule is CC1=NN(CC(C)C)C(=O)C1C(=O)Nc1cccnc1Cl. The Bertz CT molecular complexity index is 600. The van der Waals surface area contributed by atoms with Gasteiger partial charge >= 0.3 is 0 Å². The number of rotatable bonds is 4. The minimum Gasteiger partial charge on any atom is -0.322 e. The number of nitrogens with zero attached hydrogens (tertiary/aromatic N) is 3. The molecule has 0 fully saturated rings. The van der Waals surface area contributed by atoms with E-state index in [9.17, 15) is 9.59 Å². The van der Waals surface area contributed by atoms with E-state index in [-0.39, 0.29) is 17.0 Å². The lowest BCUT2D eigenvalue weighted by atomic mass is 10.0. The van der Waals surface area contributed by atoms with Crippen LogP contribution in [0.3, 0.4) is 0 Å². The first kappa shape index (κ1) is 15.4. The van der Waals surface area contributed by atoms with Crippen LogP contribution in [0.5, 0.6) is 0 Å². The molecule has 6 nitrogen and oxygen atoms in total. The molecule has 21 heavy (non-hydrogen) atoms. The van der Waals surface area contributed by atoms with Gasteiger partial charge in [0, 0.05) is 12.7 Å². The largest absolute Gasteiger partial charge is 0.322 e. The summed E-state index contributed by atoms with van der Waals surface area (Å²) in [4.78, 5) is 28.4. The molecule has 2 rings (SSSR count). The fourth-order valence-corrected chi connectivity index (χ4v) is 2.25. The molecule has 7 heteroatoms. The molecule has 0 radical (unpaired) electrons. The van der Waals surface area contributed by atoms with Gasteiger partial charge in [-0.05, 0) is 25.0 Å². The molecule has 1 aliphatic rings. The molecule has 0 aliphatic carbocycles. The van der Waals surface area contributed by atoms with Crippen molar-refractivity contribution in [1.82, 2.24) is 9.99 Å². The Morgan fingerprint density at radius 3 is 2.86 bits per heavy atom. The van der Waals surface area contributed by atoms with Crippen molar-refractivity contribution in [3.8, 4) is 0 Å². The van der Waals surface area contributed by atoms with Crippen molar-refractivity contribution in [2.24, 2.45) is 16.9 Å². The number of nitrogens with one attached hydrogen (secondary N) is 1. The Hall–Kier alpha value is -1.95. The van der Waals surface area contributed by atoms with Gasteiger partial charge in [-0.3, -0.25) is 9.59 Å². The smallest absolute Gasteiger partial charge is 0.261 e. The Kier molecular flexibility index (Phi) is 4.57. The van der Waals surface area contributed by atoms with Crippen LogP contribution in [0.15, 0.2) is 23.4 Å². The first-order valence-electron chi connectivity index (χ1n) is 6.68. The number of amides is 2. The number of hydrazone groups is 1. The number of pyridine rings is 1. The van der Waals surface area contributed by atoms with E-state index in [1.165, 1.54) is 11.2 Å². The maximum atomic E-state index is 12.3. The molecule has 2 amide bonds. The molecule has 0 aromatic carbocycles. The molecule has 0 bridgehead atoms. The summed E-state index contributed by atoms with van der Waals surface area (Å²) in [5.41, 5.74) is 0.866. The zero-order chi connectivity index (χ0) is 15.6. The normalized spacial score (nSPS) is 18.1. The standard InChI is InChI=1S/C14H17ClN4O2/c1-8(2)7-19-14(21)11(9(3)18-19)13(20)17-10-5-4-6-16-12(10)15/h4-6,8,11H,7H2,1-3H3,(H,17,20). The van der Waals surface area contributed by atoms with E-state index in [1.54, 1.807) is 19.1 Å². The Morgan fingerprint density at radius 2 is 2.24 bits per heavy atom. The van der Waals surface area contributed by atoms with Crippen molar-refractivity contribution < 1.29 is 9.59 Å². The third-order valence-corrected chi connectivity index (χ3v) is 3.32. The van der Waals surface area contributed by atoms with E-state index in [4.69, 9.17) is 11.6 Å². The van der Waals surface area contributed by atoms with Crippen LogP contribution in [0, 0.1) is 11.8 Å². The Labute approximate surface area is 128 Å². The number of hydrogen-bond donors (Lipinski definition) is 1. The summed E-state index contributed by atoms with van der Waals surface area (Å²) in [7, 11) is 0. The molecular formula is C14H17ClN4O2. The zero-order valence-corrected chi connectivity index (χ0v) is 12.9. The van der Waals surface area contributed by atoms with Gasteiger partial charge in [0.25, 0.3) is 5.91 Å². The first-order valence-corrected chi connectivity index (χ1v) is 7.05. The van der Waals surface area contributed by atoms with E-state index >= 15 is 0 Å². The lowest BCUT2D eigenvalue weighted by Crippen LogP contribution is -2.37. The topological polar surface area (TPSA) is 74.7 Å². The van der Waals surface area contributed by atoms with Crippen LogP contribution in [0.25, 0.3) is 0 Å². The predicted molar refractivity (Wildman–Crippen MR) is 81.0 cm³/mol. The second-order valence-corrected chi connectivity index (χ2v) is 5.68. The van der Waals surface area contributed by atoms with E-state index in [0.717, 1.165) is 0 Å². The summed E-state index contributed by atoms with van der Waals surface area (Å²) in [6.07, 6.45) is 1.52. The molecule has 1 aromatic heterocycles. The van der Waals surface area contributed by atoms with Crippen LogP contribution in [-0.4, -0.2) is 34.1 Å². The van der Waals surface area contributed by atoms with Crippen molar-refractivity contribution >= 4 is 34.8 Å². The molecular weight excluding hydrogens is 292 g/mol. The minimum atomic E-state index is -0.903. The van der Waals surface area contributed by atoms with Gasteiger partial charge in [-0.25, -0.2) is 9.99 Å². The third-order valence-electron chi connectivity index (χ3n) is 3.01. The third kappa shape index (κ3) is 3.39. The van der Waals surface area contributed by atoms with Crippen molar-refractivity contribution in [1.29, 1.82) is 0 Å². The molecule has 0 spiro atoms. The molecule has 112 valence electrons. The molecule has 1 N–H and O–H groups in total. The maximum Gasteiger partial charge on any atom is 0.261 e. The van der Waals surface area contributed by atoms with Gasteiger partial charge in [-0.15, -0.1) is 0 Å². The van der Waals surface area contributed by atoms with Crippen LogP contribution >= 0.6 is 11.6 Å². The first-order chi connectivity index (χ1) is 9.90. The lowest BCUT2D eigenvalue weighted by molar-refractivity contribution is -0.136. The van der Waals surface area contributed by atoms with Crippen molar-refractivity contribution in [2.75, 3.05) is 11.9 Å². The van der Waals surface area contributed by atoms with E-state index in [1.807, 2.05) is 13.8 Å². The summed E-state index contributed by atoms with van der Waals surface area (Å²) >= 11 is 5.89. The summed E-state index contributed by atoms with van der Waals surface area (Å²) in [6, 6.07) is 3.29. The van der Waals surface area contributed by atoms with Crippen LogP contribution in [0.1, 0.15) is 20.8 Å². The van der Waals surface area contributed by atoms with Gasteiger partial charge in [-0.2, -0.15) is 5.10 Å². The second-order valence-electron chi connectivity index (χ2n) is 5.32. The summed E-state index contributed by atoms with van der Waals surface area (Å²) < 4.78 is 0. The number of carbonyl (C=O) groups is 2. The highest BCUT2D eigenvalue weighted by Gasteiger charge is 2.39. The van der Waals surface area contributed by atoms with Gasteiger partial charge in [0.2, 0.25) is 5.91 Å².